The minimum Gasteiger partial charge on any atom is -0.454 e. The van der Waals surface area contributed by atoms with E-state index >= 15 is 0 Å². The van der Waals surface area contributed by atoms with Crippen molar-refractivity contribution in [3.63, 3.8) is 0 Å². The topological polar surface area (TPSA) is 84.9 Å². The lowest BCUT2D eigenvalue weighted by molar-refractivity contribution is 0.0460. The lowest BCUT2D eigenvalue weighted by atomic mass is 10.0. The second-order valence-electron chi connectivity index (χ2n) is 6.68. The molecule has 1 N–H and O–H groups in total. The smallest absolute Gasteiger partial charge is 0.340 e. The number of fused-ring (bicyclic) bond motifs is 2. The van der Waals surface area contributed by atoms with E-state index in [1.165, 1.54) is 0 Å². The van der Waals surface area contributed by atoms with Gasteiger partial charge in [-0.2, -0.15) is 0 Å². The van der Waals surface area contributed by atoms with E-state index < -0.39 is 5.97 Å². The molecular formula is C22H18ClN3O3. The maximum atomic E-state index is 12.9. The number of nitrogens with one attached hydrogen (secondary N) is 1. The molecule has 4 aromatic rings. The van der Waals surface area contributed by atoms with E-state index in [9.17, 15) is 9.59 Å². The number of hydrogen-bond donors (Lipinski definition) is 1. The van der Waals surface area contributed by atoms with Gasteiger partial charge in [-0.15, -0.1) is 0 Å². The number of rotatable bonds is 4. The molecule has 0 bridgehead atoms. The number of pyridine rings is 1. The number of nitrogens with zero attached hydrogens (tertiary/aromatic N) is 2. The highest BCUT2D eigenvalue weighted by atomic mass is 35.5. The summed E-state index contributed by atoms with van der Waals surface area (Å²) in [5.41, 5.74) is 2.97. The lowest BCUT2D eigenvalue weighted by Crippen LogP contribution is -2.16. The Morgan fingerprint density at radius 3 is 2.66 bits per heavy atom. The lowest BCUT2D eigenvalue weighted by Gasteiger charge is -2.13. The molecule has 0 fully saturated rings. The Labute approximate surface area is 171 Å². The van der Waals surface area contributed by atoms with Gasteiger partial charge in [-0.05, 0) is 43.2 Å². The number of benzene rings is 2. The number of aromatic amines is 1. The monoisotopic (exact) mass is 407 g/mol. The first kappa shape index (κ1) is 19.1. The first-order chi connectivity index (χ1) is 14.0. The Hall–Kier alpha value is -3.25. The fourth-order valence-corrected chi connectivity index (χ4v) is 3.57. The van der Waals surface area contributed by atoms with Gasteiger partial charge in [0.1, 0.15) is 12.4 Å². The van der Waals surface area contributed by atoms with E-state index in [1.807, 2.05) is 38.1 Å². The van der Waals surface area contributed by atoms with E-state index in [1.54, 1.807) is 18.2 Å². The second kappa shape index (κ2) is 7.64. The van der Waals surface area contributed by atoms with Crippen LogP contribution in [0, 0.1) is 6.92 Å². The standard InChI is InChI=1S/C22H18ClN3O3/c1-3-16-20(12(2)14-6-4-5-7-17(14)24-16)22(28)29-11-19-25-18-9-8-13(23)10-15(18)21(27)26-19/h4-10H,3,11H2,1-2H3,(H,25,26,27). The van der Waals surface area contributed by atoms with Crippen LogP contribution < -0.4 is 5.56 Å². The van der Waals surface area contributed by atoms with Crippen LogP contribution in [0.1, 0.15) is 34.4 Å². The van der Waals surface area contributed by atoms with Crippen molar-refractivity contribution < 1.29 is 9.53 Å². The van der Waals surface area contributed by atoms with Crippen LogP contribution in [-0.4, -0.2) is 20.9 Å². The molecular weight excluding hydrogens is 390 g/mol. The summed E-state index contributed by atoms with van der Waals surface area (Å²) in [7, 11) is 0. The van der Waals surface area contributed by atoms with Crippen LogP contribution in [0.5, 0.6) is 0 Å². The Morgan fingerprint density at radius 1 is 1.10 bits per heavy atom. The second-order valence-corrected chi connectivity index (χ2v) is 7.12. The molecule has 2 heterocycles. The van der Waals surface area contributed by atoms with Crippen LogP contribution in [0.15, 0.2) is 47.3 Å². The first-order valence-electron chi connectivity index (χ1n) is 9.21. The maximum Gasteiger partial charge on any atom is 0.340 e. The molecule has 0 aliphatic heterocycles. The van der Waals surface area contributed by atoms with Gasteiger partial charge in [0.25, 0.3) is 5.56 Å². The Bertz CT molecular complexity index is 1310. The number of halogens is 1. The third kappa shape index (κ3) is 3.59. The predicted octanol–water partition coefficient (Wildman–Crippen LogP) is 4.35. The van der Waals surface area contributed by atoms with Gasteiger partial charge in [-0.1, -0.05) is 36.7 Å². The van der Waals surface area contributed by atoms with Gasteiger partial charge < -0.3 is 9.72 Å². The molecule has 0 unspecified atom stereocenters. The molecule has 0 saturated carbocycles. The molecule has 2 aromatic carbocycles. The largest absolute Gasteiger partial charge is 0.454 e. The van der Waals surface area contributed by atoms with Gasteiger partial charge in [0.05, 0.1) is 27.7 Å². The number of hydrogen-bond acceptors (Lipinski definition) is 5. The first-order valence-corrected chi connectivity index (χ1v) is 9.59. The molecule has 7 heteroatoms. The maximum absolute atomic E-state index is 12.9. The third-order valence-corrected chi connectivity index (χ3v) is 5.06. The van der Waals surface area contributed by atoms with Crippen molar-refractivity contribution in [2.75, 3.05) is 0 Å². The predicted molar refractivity (Wildman–Crippen MR) is 112 cm³/mol. The summed E-state index contributed by atoms with van der Waals surface area (Å²) in [4.78, 5) is 36.7. The summed E-state index contributed by atoms with van der Waals surface area (Å²) in [6.45, 7) is 3.68. The van der Waals surface area contributed by atoms with Crippen molar-refractivity contribution in [3.05, 3.63) is 80.5 Å². The highest BCUT2D eigenvalue weighted by molar-refractivity contribution is 6.31. The fraction of sp³-hybridized carbons (Fsp3) is 0.182. The zero-order chi connectivity index (χ0) is 20.5. The average Bonchev–Trinajstić information content (AvgIpc) is 2.72. The molecule has 146 valence electrons. The molecule has 29 heavy (non-hydrogen) atoms. The van der Waals surface area contributed by atoms with Gasteiger partial charge in [0.2, 0.25) is 0 Å². The van der Waals surface area contributed by atoms with Gasteiger partial charge in [0.15, 0.2) is 0 Å². The van der Waals surface area contributed by atoms with E-state index in [0.717, 1.165) is 16.5 Å². The van der Waals surface area contributed by atoms with Crippen LogP contribution in [0.3, 0.4) is 0 Å². The number of esters is 1. The summed E-state index contributed by atoms with van der Waals surface area (Å²) in [5.74, 6) is -0.223. The van der Waals surface area contributed by atoms with Gasteiger partial charge in [-0.3, -0.25) is 9.78 Å². The van der Waals surface area contributed by atoms with E-state index in [0.29, 0.717) is 33.6 Å². The highest BCUT2D eigenvalue weighted by Crippen LogP contribution is 2.24. The molecule has 0 aliphatic rings. The zero-order valence-electron chi connectivity index (χ0n) is 16.0. The number of para-hydroxylation sites is 1. The van der Waals surface area contributed by atoms with Crippen LogP contribution in [0.25, 0.3) is 21.8 Å². The number of aryl methyl sites for hydroxylation is 2. The summed E-state index contributed by atoms with van der Waals surface area (Å²) in [6, 6.07) is 12.5. The molecule has 6 nitrogen and oxygen atoms in total. The normalized spacial score (nSPS) is 11.1. The molecule has 0 atom stereocenters. The van der Waals surface area contributed by atoms with E-state index in [-0.39, 0.29) is 18.0 Å². The van der Waals surface area contributed by atoms with Crippen LogP contribution in [0.2, 0.25) is 5.02 Å². The molecule has 0 radical (unpaired) electrons. The van der Waals surface area contributed by atoms with Crippen molar-refractivity contribution in [3.8, 4) is 0 Å². The van der Waals surface area contributed by atoms with Crippen molar-refractivity contribution in [1.29, 1.82) is 0 Å². The molecule has 0 aliphatic carbocycles. The zero-order valence-corrected chi connectivity index (χ0v) is 16.7. The number of carbonyl (C=O) groups excluding carboxylic acids is 1. The van der Waals surface area contributed by atoms with Crippen LogP contribution >= 0.6 is 11.6 Å². The van der Waals surface area contributed by atoms with Gasteiger partial charge in [0, 0.05) is 10.4 Å². The SMILES string of the molecule is CCc1nc2ccccc2c(C)c1C(=O)OCc1nc2ccc(Cl)cc2c(=O)[nH]1. The molecule has 4 rings (SSSR count). The quantitative estimate of drug-likeness (QED) is 0.508. The molecule has 0 spiro atoms. The molecule has 0 saturated heterocycles. The fourth-order valence-electron chi connectivity index (χ4n) is 3.40. The van der Waals surface area contributed by atoms with Crippen LogP contribution in [-0.2, 0) is 17.8 Å². The third-order valence-electron chi connectivity index (χ3n) is 4.82. The van der Waals surface area contributed by atoms with E-state index in [2.05, 4.69) is 15.0 Å². The van der Waals surface area contributed by atoms with Gasteiger partial charge in [-0.25, -0.2) is 9.78 Å². The van der Waals surface area contributed by atoms with Crippen molar-refractivity contribution in [2.45, 2.75) is 26.9 Å². The highest BCUT2D eigenvalue weighted by Gasteiger charge is 2.19. The van der Waals surface area contributed by atoms with Gasteiger partial charge >= 0.3 is 5.97 Å². The summed E-state index contributed by atoms with van der Waals surface area (Å²) < 4.78 is 5.48. The molecule has 0 amide bonds. The summed E-state index contributed by atoms with van der Waals surface area (Å²) in [6.07, 6.45) is 0.599. The van der Waals surface area contributed by atoms with Crippen LogP contribution in [0.4, 0.5) is 0 Å². The number of H-pyrrole nitrogens is 1. The average molecular weight is 408 g/mol. The van der Waals surface area contributed by atoms with Crippen molar-refractivity contribution in [1.82, 2.24) is 15.0 Å². The van der Waals surface area contributed by atoms with E-state index in [4.69, 9.17) is 16.3 Å². The number of aromatic nitrogens is 3. The summed E-state index contributed by atoms with van der Waals surface area (Å²) in [5, 5.41) is 1.75. The molecule has 2 aromatic heterocycles. The Balaban J connectivity index is 1.65. The van der Waals surface area contributed by atoms with Crippen molar-refractivity contribution in [2.24, 2.45) is 0 Å². The number of ether oxygens (including phenoxy) is 1. The number of carbonyl (C=O) groups is 1. The summed E-state index contributed by atoms with van der Waals surface area (Å²) >= 11 is 5.93. The van der Waals surface area contributed by atoms with Crippen molar-refractivity contribution >= 4 is 39.4 Å². The Kier molecular flexibility index (Phi) is 5.03. The Morgan fingerprint density at radius 2 is 1.86 bits per heavy atom. The minimum atomic E-state index is -0.489. The minimum absolute atomic E-state index is 0.151.